The van der Waals surface area contributed by atoms with Gasteiger partial charge in [-0.2, -0.15) is 0 Å². The molecule has 8 nitrogen and oxygen atoms in total. The maximum absolute atomic E-state index is 13.1. The number of para-hydroxylation sites is 1. The molecule has 8 heteroatoms. The molecule has 0 saturated heterocycles. The van der Waals surface area contributed by atoms with E-state index in [2.05, 4.69) is 20.7 Å². The monoisotopic (exact) mass is 459 g/mol. The van der Waals surface area contributed by atoms with Gasteiger partial charge in [-0.1, -0.05) is 18.2 Å². The molecule has 4 bridgehead atoms. The molecule has 2 atom stereocenters. The van der Waals surface area contributed by atoms with Gasteiger partial charge in [0.05, 0.1) is 10.9 Å². The van der Waals surface area contributed by atoms with Crippen LogP contribution in [0.1, 0.15) is 54.7 Å². The van der Waals surface area contributed by atoms with E-state index in [0.29, 0.717) is 29.8 Å². The van der Waals surface area contributed by atoms with E-state index in [-0.39, 0.29) is 17.0 Å². The number of ether oxygens (including phenoxy) is 1. The fraction of sp³-hybridized carbons (Fsp3) is 0.462. The summed E-state index contributed by atoms with van der Waals surface area (Å²) in [6.45, 7) is 1.89. The molecule has 2 N–H and O–H groups in total. The maximum Gasteiger partial charge on any atom is 0.414 e. The second-order valence-electron chi connectivity index (χ2n) is 10.6. The predicted octanol–water partition coefficient (Wildman–Crippen LogP) is 3.89. The molecule has 2 aromatic heterocycles. The van der Waals surface area contributed by atoms with Crippen LogP contribution in [0.15, 0.2) is 42.5 Å². The smallest absolute Gasteiger partial charge is 0.389 e. The average molecular weight is 460 g/mol. The largest absolute Gasteiger partial charge is 0.414 e. The number of rotatable bonds is 4. The molecular formula is C26H29N5O3. The van der Waals surface area contributed by atoms with Gasteiger partial charge in [0.25, 0.3) is 11.8 Å². The van der Waals surface area contributed by atoms with Crippen molar-refractivity contribution in [1.29, 1.82) is 0 Å². The van der Waals surface area contributed by atoms with E-state index in [0.717, 1.165) is 48.7 Å². The summed E-state index contributed by atoms with van der Waals surface area (Å²) in [6.07, 6.45) is 5.12. The highest BCUT2D eigenvalue weighted by atomic mass is 16.6. The topological polar surface area (TPSA) is 98.1 Å². The lowest BCUT2D eigenvalue weighted by molar-refractivity contribution is -0.0450. The molecule has 4 fully saturated rings. The van der Waals surface area contributed by atoms with Gasteiger partial charge in [-0.3, -0.25) is 9.48 Å². The van der Waals surface area contributed by atoms with Gasteiger partial charge in [0.2, 0.25) is 0 Å². The molecule has 2 unspecified atom stereocenters. The number of carbonyl (C=O) groups is 2. The van der Waals surface area contributed by atoms with E-state index < -0.39 is 6.09 Å². The molecule has 0 aliphatic heterocycles. The quantitative estimate of drug-likeness (QED) is 0.617. The Balaban J connectivity index is 1.21. The van der Waals surface area contributed by atoms with Crippen molar-refractivity contribution in [2.75, 3.05) is 0 Å². The van der Waals surface area contributed by atoms with Crippen molar-refractivity contribution in [3.8, 4) is 5.88 Å². The second kappa shape index (κ2) is 7.55. The van der Waals surface area contributed by atoms with Crippen LogP contribution in [-0.2, 0) is 7.05 Å². The number of aryl methyl sites for hydroxylation is 2. The normalized spacial score (nSPS) is 29.2. The first-order valence-electron chi connectivity index (χ1n) is 12.0. The minimum Gasteiger partial charge on any atom is -0.389 e. The van der Waals surface area contributed by atoms with Crippen molar-refractivity contribution in [2.45, 2.75) is 56.5 Å². The van der Waals surface area contributed by atoms with E-state index >= 15 is 0 Å². The van der Waals surface area contributed by atoms with E-state index in [4.69, 9.17) is 4.74 Å². The standard InChI is InChI=1S/C26H29N5O3/c1-16-6-5-8-20(27-16)22(32)28-25-11-17-10-18(12-25)14-26(13-17,15-25)29-24(33)34-23-19-7-3-4-9-21(19)31(2)30-23/h3-9,17-18H,10-15H2,1-2H3,(H,28,32)(H,29,33). The van der Waals surface area contributed by atoms with Gasteiger partial charge in [0, 0.05) is 23.8 Å². The van der Waals surface area contributed by atoms with Crippen LogP contribution in [0.2, 0.25) is 0 Å². The van der Waals surface area contributed by atoms with Gasteiger partial charge in [-0.25, -0.2) is 9.78 Å². The number of carbonyl (C=O) groups excluding carboxylic acids is 2. The number of amides is 2. The zero-order chi connectivity index (χ0) is 23.5. The van der Waals surface area contributed by atoms with Crippen LogP contribution in [0.25, 0.3) is 10.9 Å². The molecule has 2 heterocycles. The third kappa shape index (κ3) is 3.61. The van der Waals surface area contributed by atoms with Crippen molar-refractivity contribution < 1.29 is 14.3 Å². The lowest BCUT2D eigenvalue weighted by atomic mass is 9.50. The molecule has 4 saturated carbocycles. The number of hydrogen-bond donors (Lipinski definition) is 2. The Morgan fingerprint density at radius 1 is 1.00 bits per heavy atom. The summed E-state index contributed by atoms with van der Waals surface area (Å²) in [5.74, 6) is 1.13. The van der Waals surface area contributed by atoms with Gasteiger partial charge in [0.15, 0.2) is 0 Å². The van der Waals surface area contributed by atoms with Gasteiger partial charge in [-0.05, 0) is 81.5 Å². The summed E-state index contributed by atoms with van der Waals surface area (Å²) in [7, 11) is 1.84. The van der Waals surface area contributed by atoms with Crippen molar-refractivity contribution in [2.24, 2.45) is 18.9 Å². The van der Waals surface area contributed by atoms with Crippen molar-refractivity contribution >= 4 is 22.9 Å². The number of aromatic nitrogens is 3. The SMILES string of the molecule is Cc1cccc(C(=O)NC23CC4CC(CC(NC(=O)Oc5nn(C)c6ccccc56)(C4)C2)C3)n1. The van der Waals surface area contributed by atoms with Gasteiger partial charge in [0.1, 0.15) is 5.69 Å². The highest BCUT2D eigenvalue weighted by Crippen LogP contribution is 2.57. The zero-order valence-electron chi connectivity index (χ0n) is 19.5. The van der Waals surface area contributed by atoms with Crippen LogP contribution >= 0.6 is 0 Å². The molecule has 1 aromatic carbocycles. The van der Waals surface area contributed by atoms with Crippen molar-refractivity contribution in [3.05, 3.63) is 53.9 Å². The second-order valence-corrected chi connectivity index (χ2v) is 10.6. The number of nitrogens with one attached hydrogen (secondary N) is 2. The first kappa shape index (κ1) is 21.1. The number of fused-ring (bicyclic) bond motifs is 1. The van der Waals surface area contributed by atoms with Crippen molar-refractivity contribution in [3.63, 3.8) is 0 Å². The van der Waals surface area contributed by atoms with Crippen LogP contribution in [0.5, 0.6) is 5.88 Å². The Morgan fingerprint density at radius 3 is 2.44 bits per heavy atom. The number of nitrogens with zero attached hydrogens (tertiary/aromatic N) is 3. The number of hydrogen-bond acceptors (Lipinski definition) is 5. The lowest BCUT2D eigenvalue weighted by Gasteiger charge is -2.61. The molecule has 2 amide bonds. The molecule has 176 valence electrons. The average Bonchev–Trinajstić information content (AvgIpc) is 3.07. The van der Waals surface area contributed by atoms with E-state index in [1.807, 2.05) is 50.4 Å². The maximum atomic E-state index is 13.1. The Morgan fingerprint density at radius 2 is 1.71 bits per heavy atom. The van der Waals surface area contributed by atoms with Crippen LogP contribution < -0.4 is 15.4 Å². The molecule has 3 aromatic rings. The lowest BCUT2D eigenvalue weighted by Crippen LogP contribution is -2.70. The van der Waals surface area contributed by atoms with E-state index in [1.165, 1.54) is 0 Å². The number of pyridine rings is 1. The Labute approximate surface area is 198 Å². The Hall–Kier alpha value is -3.42. The molecular weight excluding hydrogens is 430 g/mol. The van der Waals surface area contributed by atoms with Gasteiger partial charge < -0.3 is 15.4 Å². The van der Waals surface area contributed by atoms with Gasteiger partial charge >= 0.3 is 6.09 Å². The molecule has 0 radical (unpaired) electrons. The molecule has 4 aliphatic carbocycles. The fourth-order valence-corrected chi connectivity index (χ4v) is 7.12. The van der Waals surface area contributed by atoms with Gasteiger partial charge in [-0.15, -0.1) is 5.10 Å². The highest BCUT2D eigenvalue weighted by Gasteiger charge is 2.59. The zero-order valence-corrected chi connectivity index (χ0v) is 19.5. The Bertz CT molecular complexity index is 1280. The minimum atomic E-state index is -0.479. The summed E-state index contributed by atoms with van der Waals surface area (Å²) < 4.78 is 7.42. The fourth-order valence-electron chi connectivity index (χ4n) is 7.12. The van der Waals surface area contributed by atoms with Crippen LogP contribution in [0, 0.1) is 18.8 Å². The first-order chi connectivity index (χ1) is 16.3. The number of benzene rings is 1. The summed E-state index contributed by atoms with van der Waals surface area (Å²) in [5, 5.41) is 11.7. The molecule has 0 spiro atoms. The summed E-state index contributed by atoms with van der Waals surface area (Å²) in [4.78, 5) is 30.5. The van der Waals surface area contributed by atoms with Crippen molar-refractivity contribution in [1.82, 2.24) is 25.4 Å². The summed E-state index contributed by atoms with van der Waals surface area (Å²) in [6, 6.07) is 13.2. The third-order valence-electron chi connectivity index (χ3n) is 7.84. The third-order valence-corrected chi connectivity index (χ3v) is 7.84. The molecule has 7 rings (SSSR count). The summed E-state index contributed by atoms with van der Waals surface area (Å²) in [5.41, 5.74) is 1.48. The molecule has 4 aliphatic rings. The van der Waals surface area contributed by atoms with Crippen LogP contribution in [-0.4, -0.2) is 37.8 Å². The van der Waals surface area contributed by atoms with Crippen LogP contribution in [0.4, 0.5) is 4.79 Å². The van der Waals surface area contributed by atoms with E-state index in [9.17, 15) is 9.59 Å². The van der Waals surface area contributed by atoms with E-state index in [1.54, 1.807) is 10.7 Å². The Kier molecular flexibility index (Phi) is 4.69. The first-order valence-corrected chi connectivity index (χ1v) is 12.0. The van der Waals surface area contributed by atoms with Crippen LogP contribution in [0.3, 0.4) is 0 Å². The molecule has 34 heavy (non-hydrogen) atoms. The highest BCUT2D eigenvalue weighted by molar-refractivity contribution is 5.93. The minimum absolute atomic E-state index is 0.136. The predicted molar refractivity (Wildman–Crippen MR) is 126 cm³/mol. The summed E-state index contributed by atoms with van der Waals surface area (Å²) >= 11 is 0.